The lowest BCUT2D eigenvalue weighted by molar-refractivity contribution is 0.0514. The zero-order chi connectivity index (χ0) is 19.7. The number of carboxylic acids is 1. The van der Waals surface area contributed by atoms with Crippen molar-refractivity contribution in [2.45, 2.75) is 18.4 Å². The Morgan fingerprint density at radius 3 is 1.88 bits per heavy atom. The summed E-state index contributed by atoms with van der Waals surface area (Å²) in [5.41, 5.74) is -0.0391. The van der Waals surface area contributed by atoms with E-state index in [1.54, 1.807) is 13.2 Å². The van der Waals surface area contributed by atoms with Crippen molar-refractivity contribution in [2.24, 2.45) is 0 Å². The van der Waals surface area contributed by atoms with Gasteiger partial charge in [0.05, 0.1) is 18.1 Å². The lowest BCUT2D eigenvalue weighted by Gasteiger charge is -1.94. The minimum Gasteiger partial charge on any atom is -0.476 e. The van der Waals surface area contributed by atoms with Crippen molar-refractivity contribution in [1.82, 2.24) is 10.3 Å². The maximum atomic E-state index is 11.1. The highest BCUT2D eigenvalue weighted by atomic mass is 32.2. The third-order valence-electron chi connectivity index (χ3n) is 2.51. The fourth-order valence-electron chi connectivity index (χ4n) is 1.56. The topological polar surface area (TPSA) is 150 Å². The molecule has 144 valence electrons. The van der Waals surface area contributed by atoms with Crippen LogP contribution in [0.2, 0.25) is 0 Å². The molecule has 2 unspecified atom stereocenters. The second-order valence-electron chi connectivity index (χ2n) is 4.82. The summed E-state index contributed by atoms with van der Waals surface area (Å²) in [6.45, 7) is 2.00. The summed E-state index contributed by atoms with van der Waals surface area (Å²) in [6.07, 6.45) is 3.05. The van der Waals surface area contributed by atoms with Crippen LogP contribution in [0.4, 0.5) is 0 Å². The standard InChI is InChI=1S/C8H11NO4S.C6H7NO4S/c1-3-12-8(10)7-4-6(13-9-7)5-14(2)11;1-12(10)3-4-2-5(6(8)9)7-11-4/h4H,3,5H2,1-2H3;2H,3H2,1H3,(H,8,9). The zero-order valence-corrected chi connectivity index (χ0v) is 15.9. The van der Waals surface area contributed by atoms with Gasteiger partial charge in [-0.25, -0.2) is 9.59 Å². The number of rotatable bonds is 7. The molecule has 0 radical (unpaired) electrons. The number of carbonyl (C=O) groups is 2. The van der Waals surface area contributed by atoms with Gasteiger partial charge in [0.15, 0.2) is 11.4 Å². The van der Waals surface area contributed by atoms with E-state index in [-0.39, 0.29) is 22.9 Å². The molecule has 0 aliphatic heterocycles. The van der Waals surface area contributed by atoms with E-state index in [2.05, 4.69) is 14.8 Å². The molecule has 0 aliphatic rings. The van der Waals surface area contributed by atoms with Crippen LogP contribution in [0.3, 0.4) is 0 Å². The highest BCUT2D eigenvalue weighted by Gasteiger charge is 2.13. The fourth-order valence-corrected chi connectivity index (χ4v) is 2.64. The Balaban J connectivity index is 0.000000263. The average molecular weight is 406 g/mol. The molecule has 0 amide bonds. The highest BCUT2D eigenvalue weighted by molar-refractivity contribution is 7.83. The molecule has 0 aliphatic carbocycles. The number of aromatic carboxylic acids is 1. The van der Waals surface area contributed by atoms with Crippen molar-refractivity contribution in [2.75, 3.05) is 19.1 Å². The van der Waals surface area contributed by atoms with Crippen LogP contribution in [0.1, 0.15) is 39.4 Å². The molecular weight excluding hydrogens is 388 g/mol. The molecule has 2 heterocycles. The summed E-state index contributed by atoms with van der Waals surface area (Å²) in [5.74, 6) is -0.467. The van der Waals surface area contributed by atoms with Crippen molar-refractivity contribution in [3.8, 4) is 0 Å². The Morgan fingerprint density at radius 1 is 1.04 bits per heavy atom. The number of ether oxygens (including phenoxy) is 1. The van der Waals surface area contributed by atoms with Gasteiger partial charge < -0.3 is 18.9 Å². The van der Waals surface area contributed by atoms with Crippen LogP contribution in [0.5, 0.6) is 0 Å². The maximum absolute atomic E-state index is 11.1. The Kier molecular flexibility index (Phi) is 8.85. The Bertz CT molecular complexity index is 798. The predicted octanol–water partition coefficient (Wildman–Crippen LogP) is 0.981. The average Bonchev–Trinajstić information content (AvgIpc) is 3.16. The summed E-state index contributed by atoms with van der Waals surface area (Å²) in [7, 11) is -2.05. The lowest BCUT2D eigenvalue weighted by Crippen LogP contribution is -2.04. The molecule has 2 atom stereocenters. The first-order valence-electron chi connectivity index (χ1n) is 7.14. The summed E-state index contributed by atoms with van der Waals surface area (Å²) >= 11 is 0. The molecule has 1 N–H and O–H groups in total. The molecule has 0 spiro atoms. The van der Waals surface area contributed by atoms with E-state index in [9.17, 15) is 18.0 Å². The molecule has 2 aromatic heterocycles. The van der Waals surface area contributed by atoms with E-state index >= 15 is 0 Å². The van der Waals surface area contributed by atoms with Gasteiger partial charge in [-0.15, -0.1) is 0 Å². The van der Waals surface area contributed by atoms with E-state index < -0.39 is 33.5 Å². The van der Waals surface area contributed by atoms with E-state index in [0.717, 1.165) is 0 Å². The molecule has 2 aromatic rings. The monoisotopic (exact) mass is 406 g/mol. The molecule has 0 saturated heterocycles. The number of carboxylic acid groups (broad SMARTS) is 1. The molecular formula is C14H18N2O8S2. The van der Waals surface area contributed by atoms with Crippen LogP contribution >= 0.6 is 0 Å². The number of hydrogen-bond donors (Lipinski definition) is 1. The van der Waals surface area contributed by atoms with Gasteiger partial charge in [-0.2, -0.15) is 0 Å². The third-order valence-corrected chi connectivity index (χ3v) is 3.89. The van der Waals surface area contributed by atoms with E-state index in [1.807, 2.05) is 0 Å². The quantitative estimate of drug-likeness (QED) is 0.659. The Labute approximate surface area is 153 Å². The van der Waals surface area contributed by atoms with Crippen LogP contribution in [0.15, 0.2) is 21.2 Å². The maximum Gasteiger partial charge on any atom is 0.360 e. The van der Waals surface area contributed by atoms with Crippen LogP contribution in [-0.4, -0.2) is 54.9 Å². The van der Waals surface area contributed by atoms with Crippen LogP contribution < -0.4 is 0 Å². The largest absolute Gasteiger partial charge is 0.476 e. The second kappa shape index (κ2) is 10.6. The molecule has 2 rings (SSSR count). The smallest absolute Gasteiger partial charge is 0.360 e. The van der Waals surface area contributed by atoms with Gasteiger partial charge in [0.1, 0.15) is 11.5 Å². The van der Waals surface area contributed by atoms with Gasteiger partial charge in [0.2, 0.25) is 0 Å². The van der Waals surface area contributed by atoms with Crippen molar-refractivity contribution < 1.29 is 36.9 Å². The fraction of sp³-hybridized carbons (Fsp3) is 0.429. The molecule has 10 nitrogen and oxygen atoms in total. The van der Waals surface area contributed by atoms with Crippen molar-refractivity contribution in [3.05, 3.63) is 35.0 Å². The van der Waals surface area contributed by atoms with Crippen molar-refractivity contribution in [3.63, 3.8) is 0 Å². The van der Waals surface area contributed by atoms with E-state index in [1.165, 1.54) is 18.4 Å². The van der Waals surface area contributed by atoms with Gasteiger partial charge in [0.25, 0.3) is 0 Å². The number of carbonyl (C=O) groups excluding carboxylic acids is 1. The highest BCUT2D eigenvalue weighted by Crippen LogP contribution is 2.07. The number of hydrogen-bond acceptors (Lipinski definition) is 9. The first-order valence-corrected chi connectivity index (χ1v) is 10.6. The normalized spacial score (nSPS) is 12.6. The molecule has 12 heteroatoms. The minimum atomic E-state index is -1.15. The van der Waals surface area contributed by atoms with Crippen LogP contribution in [0.25, 0.3) is 0 Å². The zero-order valence-electron chi connectivity index (χ0n) is 14.3. The van der Waals surface area contributed by atoms with Crippen LogP contribution in [0, 0.1) is 0 Å². The molecule has 0 fully saturated rings. The predicted molar refractivity (Wildman–Crippen MR) is 91.5 cm³/mol. The number of nitrogens with zero attached hydrogens (tertiary/aromatic N) is 2. The SMILES string of the molecule is CCOC(=O)c1cc(CS(C)=O)on1.CS(=O)Cc1cc(C(=O)O)no1. The van der Waals surface area contributed by atoms with Gasteiger partial charge >= 0.3 is 11.9 Å². The summed E-state index contributed by atoms with van der Waals surface area (Å²) < 4.78 is 35.6. The molecule has 0 saturated carbocycles. The van der Waals surface area contributed by atoms with Gasteiger partial charge in [-0.3, -0.25) is 8.42 Å². The molecule has 26 heavy (non-hydrogen) atoms. The Morgan fingerprint density at radius 2 is 1.50 bits per heavy atom. The first kappa shape index (κ1) is 21.7. The minimum absolute atomic E-state index is 0.118. The van der Waals surface area contributed by atoms with Crippen molar-refractivity contribution in [1.29, 1.82) is 0 Å². The summed E-state index contributed by atoms with van der Waals surface area (Å²) in [4.78, 5) is 21.4. The third kappa shape index (κ3) is 7.70. The van der Waals surface area contributed by atoms with Crippen molar-refractivity contribution >= 4 is 33.5 Å². The van der Waals surface area contributed by atoms with Gasteiger partial charge in [0, 0.05) is 46.2 Å². The van der Waals surface area contributed by atoms with Gasteiger partial charge in [-0.1, -0.05) is 10.3 Å². The van der Waals surface area contributed by atoms with Crippen LogP contribution in [-0.2, 0) is 37.8 Å². The van der Waals surface area contributed by atoms with Gasteiger partial charge in [-0.05, 0) is 6.92 Å². The number of aromatic nitrogens is 2. The molecule has 0 bridgehead atoms. The van der Waals surface area contributed by atoms with E-state index in [0.29, 0.717) is 18.1 Å². The lowest BCUT2D eigenvalue weighted by atomic mass is 10.4. The molecule has 0 aromatic carbocycles. The summed E-state index contributed by atoms with van der Waals surface area (Å²) in [5, 5.41) is 15.2. The first-order chi connectivity index (χ1) is 12.2. The number of esters is 1. The Hall–Kier alpha value is -2.34. The second-order valence-corrected chi connectivity index (χ2v) is 7.69. The van der Waals surface area contributed by atoms with E-state index in [4.69, 9.17) is 14.4 Å². The summed E-state index contributed by atoms with van der Waals surface area (Å²) in [6, 6.07) is 2.71.